The van der Waals surface area contributed by atoms with Crippen molar-refractivity contribution in [3.63, 3.8) is 0 Å². The van der Waals surface area contributed by atoms with E-state index >= 15 is 0 Å². The van der Waals surface area contributed by atoms with Crippen molar-refractivity contribution < 1.29 is 9.53 Å². The molecule has 2 atom stereocenters. The summed E-state index contributed by atoms with van der Waals surface area (Å²) < 4.78 is 5.31. The molecule has 0 aliphatic carbocycles. The van der Waals surface area contributed by atoms with Crippen LogP contribution in [-0.2, 0) is 15.1 Å². The van der Waals surface area contributed by atoms with Crippen molar-refractivity contribution in [2.75, 3.05) is 20.3 Å². The van der Waals surface area contributed by atoms with E-state index in [-0.39, 0.29) is 24.4 Å². The summed E-state index contributed by atoms with van der Waals surface area (Å²) in [7, 11) is 1.80. The summed E-state index contributed by atoms with van der Waals surface area (Å²) in [5.41, 5.74) is 6.06. The second-order valence-corrected chi connectivity index (χ2v) is 5.00. The molecule has 0 radical (unpaired) electrons. The molecule has 1 saturated heterocycles. The molecule has 5 heteroatoms. The topological polar surface area (TPSA) is 55.6 Å². The van der Waals surface area contributed by atoms with Gasteiger partial charge >= 0.3 is 0 Å². The van der Waals surface area contributed by atoms with E-state index in [9.17, 15) is 4.79 Å². The van der Waals surface area contributed by atoms with E-state index in [0.717, 1.165) is 18.6 Å². The Kier molecular flexibility index (Phi) is 5.35. The first-order valence-corrected chi connectivity index (χ1v) is 6.23. The normalized spacial score (nSPS) is 21.3. The van der Waals surface area contributed by atoms with Gasteiger partial charge in [0, 0.05) is 13.7 Å². The zero-order valence-electron chi connectivity index (χ0n) is 11.3. The van der Waals surface area contributed by atoms with Gasteiger partial charge in [0.2, 0.25) is 5.91 Å². The monoisotopic (exact) mass is 284 g/mol. The summed E-state index contributed by atoms with van der Waals surface area (Å²) in [5, 5.41) is 0. The Morgan fingerprint density at radius 3 is 2.58 bits per heavy atom. The summed E-state index contributed by atoms with van der Waals surface area (Å²) in [6, 6.07) is 9.62. The van der Waals surface area contributed by atoms with Gasteiger partial charge in [0.1, 0.15) is 5.54 Å². The van der Waals surface area contributed by atoms with Crippen molar-refractivity contribution in [1.29, 1.82) is 0 Å². The third-order valence-electron chi connectivity index (χ3n) is 3.59. The first kappa shape index (κ1) is 16.0. The Bertz CT molecular complexity index is 417. The number of rotatable bonds is 3. The standard InChI is InChI=1S/C14H20N2O2.ClH/c1-14(15,11-6-4-3-5-7-11)13(17)16(2)12-8-9-18-10-12;/h3-7,12H,8-10,15H2,1-2H3;1H. The van der Waals surface area contributed by atoms with Crippen LogP contribution in [0.15, 0.2) is 30.3 Å². The van der Waals surface area contributed by atoms with Crippen LogP contribution in [0.25, 0.3) is 0 Å². The number of ether oxygens (including phenoxy) is 1. The predicted molar refractivity (Wildman–Crippen MR) is 77.2 cm³/mol. The molecule has 1 aliphatic heterocycles. The van der Waals surface area contributed by atoms with Crippen LogP contribution < -0.4 is 5.73 Å². The van der Waals surface area contributed by atoms with Crippen LogP contribution in [0.4, 0.5) is 0 Å². The fourth-order valence-corrected chi connectivity index (χ4v) is 2.27. The van der Waals surface area contributed by atoms with Crippen LogP contribution in [0.5, 0.6) is 0 Å². The fraction of sp³-hybridized carbons (Fsp3) is 0.500. The van der Waals surface area contributed by atoms with Gasteiger partial charge in [-0.25, -0.2) is 0 Å². The first-order valence-electron chi connectivity index (χ1n) is 6.23. The van der Waals surface area contributed by atoms with Gasteiger partial charge in [0.05, 0.1) is 12.6 Å². The largest absolute Gasteiger partial charge is 0.379 e. The molecular formula is C14H21ClN2O2. The molecular weight excluding hydrogens is 264 g/mol. The molecule has 1 heterocycles. The van der Waals surface area contributed by atoms with Gasteiger partial charge in [-0.05, 0) is 18.9 Å². The molecule has 2 rings (SSSR count). The maximum absolute atomic E-state index is 12.5. The number of amides is 1. The highest BCUT2D eigenvalue weighted by molar-refractivity contribution is 5.87. The van der Waals surface area contributed by atoms with Gasteiger partial charge in [0.25, 0.3) is 0 Å². The zero-order chi connectivity index (χ0) is 13.2. The van der Waals surface area contributed by atoms with Crippen LogP contribution >= 0.6 is 12.4 Å². The van der Waals surface area contributed by atoms with Crippen molar-refractivity contribution in [1.82, 2.24) is 4.90 Å². The van der Waals surface area contributed by atoms with Crippen LogP contribution in [0, 0.1) is 0 Å². The SMILES string of the molecule is CN(C(=O)C(C)(N)c1ccccc1)C1CCOC1.Cl. The second kappa shape index (κ2) is 6.37. The lowest BCUT2D eigenvalue weighted by atomic mass is 9.91. The lowest BCUT2D eigenvalue weighted by Crippen LogP contribution is -2.52. The number of hydrogen-bond donors (Lipinski definition) is 1. The Balaban J connectivity index is 0.00000180. The first-order chi connectivity index (χ1) is 8.53. The Labute approximate surface area is 120 Å². The summed E-state index contributed by atoms with van der Waals surface area (Å²) >= 11 is 0. The van der Waals surface area contributed by atoms with Crippen molar-refractivity contribution in [3.8, 4) is 0 Å². The van der Waals surface area contributed by atoms with Gasteiger partial charge in [-0.2, -0.15) is 0 Å². The molecule has 1 aliphatic rings. The number of benzene rings is 1. The molecule has 19 heavy (non-hydrogen) atoms. The lowest BCUT2D eigenvalue weighted by Gasteiger charge is -2.32. The maximum Gasteiger partial charge on any atom is 0.247 e. The minimum absolute atomic E-state index is 0. The minimum Gasteiger partial charge on any atom is -0.379 e. The van der Waals surface area contributed by atoms with E-state index in [4.69, 9.17) is 10.5 Å². The van der Waals surface area contributed by atoms with Crippen LogP contribution in [-0.4, -0.2) is 37.1 Å². The highest BCUT2D eigenvalue weighted by Gasteiger charge is 2.36. The molecule has 1 fully saturated rings. The quantitative estimate of drug-likeness (QED) is 0.916. The number of nitrogens with two attached hydrogens (primary N) is 1. The highest BCUT2D eigenvalue weighted by Crippen LogP contribution is 2.22. The number of likely N-dealkylation sites (N-methyl/N-ethyl adjacent to an activating group) is 1. The number of halogens is 1. The van der Waals surface area contributed by atoms with Gasteiger partial charge in [-0.1, -0.05) is 30.3 Å². The third kappa shape index (κ3) is 3.26. The molecule has 1 amide bonds. The lowest BCUT2D eigenvalue weighted by molar-refractivity contribution is -0.137. The van der Waals surface area contributed by atoms with E-state index in [1.807, 2.05) is 30.3 Å². The molecule has 106 valence electrons. The van der Waals surface area contributed by atoms with E-state index in [1.165, 1.54) is 0 Å². The summed E-state index contributed by atoms with van der Waals surface area (Å²) in [6.45, 7) is 3.08. The van der Waals surface area contributed by atoms with Gasteiger partial charge in [-0.3, -0.25) is 4.79 Å². The van der Waals surface area contributed by atoms with Crippen molar-refractivity contribution in [2.45, 2.75) is 24.9 Å². The summed E-state index contributed by atoms with van der Waals surface area (Å²) in [6.07, 6.45) is 0.882. The third-order valence-corrected chi connectivity index (χ3v) is 3.59. The van der Waals surface area contributed by atoms with E-state index in [1.54, 1.807) is 18.9 Å². The van der Waals surface area contributed by atoms with Gasteiger partial charge in [0.15, 0.2) is 0 Å². The van der Waals surface area contributed by atoms with Crippen molar-refractivity contribution in [3.05, 3.63) is 35.9 Å². The number of nitrogens with zero attached hydrogens (tertiary/aromatic N) is 1. The Morgan fingerprint density at radius 2 is 2.05 bits per heavy atom. The Morgan fingerprint density at radius 1 is 1.42 bits per heavy atom. The highest BCUT2D eigenvalue weighted by atomic mass is 35.5. The zero-order valence-corrected chi connectivity index (χ0v) is 12.2. The Hall–Kier alpha value is -1.10. The molecule has 1 aromatic carbocycles. The molecule has 2 N–H and O–H groups in total. The van der Waals surface area contributed by atoms with Gasteiger partial charge < -0.3 is 15.4 Å². The van der Waals surface area contributed by atoms with E-state index < -0.39 is 5.54 Å². The second-order valence-electron chi connectivity index (χ2n) is 5.00. The molecule has 2 unspecified atom stereocenters. The van der Waals surface area contributed by atoms with Gasteiger partial charge in [-0.15, -0.1) is 12.4 Å². The number of carbonyl (C=O) groups excluding carboxylic acids is 1. The van der Waals surface area contributed by atoms with Crippen LogP contribution in [0.3, 0.4) is 0 Å². The van der Waals surface area contributed by atoms with Crippen LogP contribution in [0.1, 0.15) is 18.9 Å². The van der Waals surface area contributed by atoms with E-state index in [0.29, 0.717) is 6.61 Å². The van der Waals surface area contributed by atoms with Crippen molar-refractivity contribution >= 4 is 18.3 Å². The average molecular weight is 285 g/mol. The number of carbonyl (C=O) groups is 1. The number of hydrogen-bond acceptors (Lipinski definition) is 3. The minimum atomic E-state index is -0.987. The predicted octanol–water partition coefficient (Wildman–Crippen LogP) is 1.53. The molecule has 0 saturated carbocycles. The molecule has 4 nitrogen and oxygen atoms in total. The molecule has 1 aromatic rings. The molecule has 0 aromatic heterocycles. The molecule has 0 spiro atoms. The van der Waals surface area contributed by atoms with E-state index in [2.05, 4.69) is 0 Å². The summed E-state index contributed by atoms with van der Waals surface area (Å²) in [5.74, 6) is -0.0656. The van der Waals surface area contributed by atoms with Crippen molar-refractivity contribution in [2.24, 2.45) is 5.73 Å². The molecule has 0 bridgehead atoms. The van der Waals surface area contributed by atoms with Crippen LogP contribution in [0.2, 0.25) is 0 Å². The smallest absolute Gasteiger partial charge is 0.247 e. The summed E-state index contributed by atoms with van der Waals surface area (Å²) in [4.78, 5) is 14.2. The maximum atomic E-state index is 12.5. The average Bonchev–Trinajstić information content (AvgIpc) is 2.92. The fourth-order valence-electron chi connectivity index (χ4n) is 2.27.